The van der Waals surface area contributed by atoms with Gasteiger partial charge in [0.25, 0.3) is 0 Å². The first-order valence-electron chi connectivity index (χ1n) is 11.2. The molecule has 9 heteroatoms. The van der Waals surface area contributed by atoms with E-state index in [1.54, 1.807) is 48.8 Å². The van der Waals surface area contributed by atoms with E-state index in [1.165, 1.54) is 12.5 Å². The first kappa shape index (κ1) is 25.2. The molecular weight excluding hydrogens is 484 g/mol. The van der Waals surface area contributed by atoms with E-state index in [-0.39, 0.29) is 27.4 Å². The average molecular weight is 515 g/mol. The SMILES string of the molecule is CC1(C)C(C(=O)c2c[nH]c3cc(S(C)(=O)=O)ccc23)C1(C)C.CS(=O)(=O)c1ccc2cc[nH]c2c1. The van der Waals surface area contributed by atoms with E-state index < -0.39 is 19.7 Å². The number of aromatic amines is 2. The van der Waals surface area contributed by atoms with Crippen molar-refractivity contribution in [2.24, 2.45) is 16.7 Å². The fourth-order valence-corrected chi connectivity index (χ4v) is 6.10. The van der Waals surface area contributed by atoms with Crippen molar-refractivity contribution in [1.82, 2.24) is 9.97 Å². The van der Waals surface area contributed by atoms with Gasteiger partial charge in [-0.05, 0) is 46.5 Å². The van der Waals surface area contributed by atoms with Crippen LogP contribution in [0, 0.1) is 16.7 Å². The van der Waals surface area contributed by atoms with Gasteiger partial charge in [0.1, 0.15) is 0 Å². The second-order valence-corrected chi connectivity index (χ2v) is 14.5. The standard InChI is InChI=1S/C17H21NO3S.C9H9NO2S/c1-16(2)15(17(16,3)4)14(19)12-9-18-13-8-10(22(5,20)21)6-7-11(12)13;1-13(11,12)8-3-2-7-4-5-10-9(7)6-8/h6-9,15,18H,1-5H3;2-6,10H,1H3. The molecule has 7 nitrogen and oxygen atoms in total. The lowest BCUT2D eigenvalue weighted by Gasteiger charge is -2.03. The van der Waals surface area contributed by atoms with Crippen LogP contribution in [0.1, 0.15) is 38.1 Å². The summed E-state index contributed by atoms with van der Waals surface area (Å²) in [6, 6.07) is 11.8. The number of nitrogens with one attached hydrogen (secondary N) is 2. The maximum absolute atomic E-state index is 12.9. The Morgan fingerprint density at radius 2 is 1.31 bits per heavy atom. The molecule has 0 amide bonds. The van der Waals surface area contributed by atoms with Gasteiger partial charge in [-0.3, -0.25) is 4.79 Å². The summed E-state index contributed by atoms with van der Waals surface area (Å²) < 4.78 is 45.6. The molecule has 1 aliphatic carbocycles. The molecule has 1 saturated carbocycles. The van der Waals surface area contributed by atoms with E-state index in [0.717, 1.165) is 16.3 Å². The summed E-state index contributed by atoms with van der Waals surface area (Å²) in [7, 11) is -6.34. The summed E-state index contributed by atoms with van der Waals surface area (Å²) in [5.74, 6) is 0.127. The highest BCUT2D eigenvalue weighted by Crippen LogP contribution is 2.69. The fraction of sp³-hybridized carbons (Fsp3) is 0.346. The first-order chi connectivity index (χ1) is 16.0. The first-order valence-corrected chi connectivity index (χ1v) is 15.0. The Labute approximate surface area is 205 Å². The number of rotatable bonds is 4. The maximum Gasteiger partial charge on any atom is 0.175 e. The highest BCUT2D eigenvalue weighted by atomic mass is 32.2. The molecule has 1 aliphatic rings. The van der Waals surface area contributed by atoms with Crippen molar-refractivity contribution in [2.75, 3.05) is 12.5 Å². The molecule has 186 valence electrons. The van der Waals surface area contributed by atoms with Gasteiger partial charge in [-0.15, -0.1) is 0 Å². The predicted molar refractivity (Wildman–Crippen MR) is 138 cm³/mol. The van der Waals surface area contributed by atoms with Crippen molar-refractivity contribution in [3.63, 3.8) is 0 Å². The van der Waals surface area contributed by atoms with Crippen LogP contribution in [0.25, 0.3) is 21.8 Å². The van der Waals surface area contributed by atoms with Gasteiger partial charge in [0.15, 0.2) is 25.5 Å². The Balaban J connectivity index is 0.000000189. The maximum atomic E-state index is 12.9. The Morgan fingerprint density at radius 1 is 0.771 bits per heavy atom. The van der Waals surface area contributed by atoms with Gasteiger partial charge >= 0.3 is 0 Å². The fourth-order valence-electron chi connectivity index (χ4n) is 4.80. The zero-order valence-electron chi connectivity index (χ0n) is 20.6. The molecular formula is C26H30N2O5S2. The second kappa shape index (κ2) is 8.06. The lowest BCUT2D eigenvalue weighted by atomic mass is 10.0. The molecule has 0 unspecified atom stereocenters. The number of carbonyl (C=O) groups is 1. The summed E-state index contributed by atoms with van der Waals surface area (Å²) in [6.45, 7) is 8.47. The minimum atomic E-state index is -3.25. The van der Waals surface area contributed by atoms with Crippen LogP contribution in [0.3, 0.4) is 0 Å². The molecule has 2 aromatic carbocycles. The third-order valence-corrected chi connectivity index (χ3v) is 9.80. The summed E-state index contributed by atoms with van der Waals surface area (Å²) in [6.07, 6.45) is 5.87. The van der Waals surface area contributed by atoms with E-state index in [2.05, 4.69) is 37.7 Å². The third-order valence-electron chi connectivity index (χ3n) is 7.58. The number of sulfone groups is 2. The van der Waals surface area contributed by atoms with Crippen LogP contribution in [0.2, 0.25) is 0 Å². The molecule has 5 rings (SSSR count). The van der Waals surface area contributed by atoms with Crippen LogP contribution in [0.5, 0.6) is 0 Å². The average Bonchev–Trinajstić information content (AvgIpc) is 3.20. The number of Topliss-reactive ketones (excluding diaryl/α,β-unsaturated/α-hetero) is 1. The quantitative estimate of drug-likeness (QED) is 0.371. The molecule has 1 fully saturated rings. The van der Waals surface area contributed by atoms with Crippen LogP contribution in [-0.2, 0) is 19.7 Å². The van der Waals surface area contributed by atoms with Crippen LogP contribution < -0.4 is 0 Å². The second-order valence-electron chi connectivity index (χ2n) is 10.4. The molecule has 0 aliphatic heterocycles. The molecule has 0 spiro atoms. The number of carbonyl (C=O) groups excluding carboxylic acids is 1. The molecule has 2 aromatic heterocycles. The van der Waals surface area contributed by atoms with E-state index in [0.29, 0.717) is 16.0 Å². The van der Waals surface area contributed by atoms with Crippen molar-refractivity contribution < 1.29 is 21.6 Å². The molecule has 35 heavy (non-hydrogen) atoms. The highest BCUT2D eigenvalue weighted by molar-refractivity contribution is 7.91. The Bertz CT molecular complexity index is 1660. The van der Waals surface area contributed by atoms with E-state index in [1.807, 2.05) is 6.07 Å². The number of hydrogen-bond acceptors (Lipinski definition) is 5. The zero-order valence-corrected chi connectivity index (χ0v) is 22.3. The molecule has 0 radical (unpaired) electrons. The smallest absolute Gasteiger partial charge is 0.175 e. The Kier molecular flexibility index (Phi) is 5.80. The number of fused-ring (bicyclic) bond motifs is 2. The van der Waals surface area contributed by atoms with Crippen molar-refractivity contribution in [1.29, 1.82) is 0 Å². The summed E-state index contributed by atoms with van der Waals surface area (Å²) >= 11 is 0. The summed E-state index contributed by atoms with van der Waals surface area (Å²) in [5.41, 5.74) is 2.16. The lowest BCUT2D eigenvalue weighted by molar-refractivity contribution is 0.0947. The third kappa shape index (κ3) is 4.43. The molecule has 2 N–H and O–H groups in total. The normalized spacial score (nSPS) is 17.2. The van der Waals surface area contributed by atoms with E-state index in [4.69, 9.17) is 0 Å². The number of benzene rings is 2. The number of hydrogen-bond donors (Lipinski definition) is 2. The van der Waals surface area contributed by atoms with Gasteiger partial charge in [-0.2, -0.15) is 0 Å². The monoisotopic (exact) mass is 514 g/mol. The van der Waals surface area contributed by atoms with Crippen LogP contribution in [-0.4, -0.2) is 45.1 Å². The molecule has 4 aromatic rings. The summed E-state index contributed by atoms with van der Waals surface area (Å²) in [5, 5.41) is 1.81. The van der Waals surface area contributed by atoms with Gasteiger partial charge in [0.2, 0.25) is 0 Å². The van der Waals surface area contributed by atoms with Crippen molar-refractivity contribution in [3.05, 3.63) is 60.4 Å². The van der Waals surface area contributed by atoms with Gasteiger partial charge in [0.05, 0.1) is 9.79 Å². The van der Waals surface area contributed by atoms with E-state index in [9.17, 15) is 21.6 Å². The van der Waals surface area contributed by atoms with Crippen molar-refractivity contribution in [3.8, 4) is 0 Å². The number of aromatic nitrogens is 2. The van der Waals surface area contributed by atoms with E-state index >= 15 is 0 Å². The van der Waals surface area contributed by atoms with Gasteiger partial charge in [-0.25, -0.2) is 16.8 Å². The van der Waals surface area contributed by atoms with Gasteiger partial charge in [-0.1, -0.05) is 39.8 Å². The Hall–Kier alpha value is -2.91. The summed E-state index contributed by atoms with van der Waals surface area (Å²) in [4.78, 5) is 19.5. The topological polar surface area (TPSA) is 117 Å². The van der Waals surface area contributed by atoms with Crippen LogP contribution in [0.4, 0.5) is 0 Å². The predicted octanol–water partition coefficient (Wildman–Crippen LogP) is 5.01. The van der Waals surface area contributed by atoms with Crippen LogP contribution >= 0.6 is 0 Å². The van der Waals surface area contributed by atoms with Crippen LogP contribution in [0.15, 0.2) is 64.6 Å². The number of H-pyrrole nitrogens is 2. The van der Waals surface area contributed by atoms with Gasteiger partial charge in [0, 0.05) is 52.8 Å². The molecule has 0 saturated heterocycles. The molecule has 0 bridgehead atoms. The van der Waals surface area contributed by atoms with Crippen molar-refractivity contribution in [2.45, 2.75) is 37.5 Å². The lowest BCUT2D eigenvalue weighted by Crippen LogP contribution is -2.06. The zero-order chi connectivity index (χ0) is 26.0. The van der Waals surface area contributed by atoms with Crippen molar-refractivity contribution >= 4 is 47.3 Å². The minimum absolute atomic E-state index is 0.00594. The molecule has 0 atom stereocenters. The number of ketones is 1. The van der Waals surface area contributed by atoms with Gasteiger partial charge < -0.3 is 9.97 Å². The Morgan fingerprint density at radius 3 is 1.86 bits per heavy atom. The molecule has 2 heterocycles. The minimum Gasteiger partial charge on any atom is -0.361 e. The largest absolute Gasteiger partial charge is 0.361 e. The highest BCUT2D eigenvalue weighted by Gasteiger charge is 2.68.